The minimum atomic E-state index is -7.72. The van der Waals surface area contributed by atoms with Crippen LogP contribution in [-0.2, 0) is 4.79 Å². The molecule has 20 heavy (non-hydrogen) atoms. The van der Waals surface area contributed by atoms with Gasteiger partial charge in [-0.25, -0.2) is 0 Å². The quantitative estimate of drug-likeness (QED) is 0.512. The largest absolute Gasteiger partial charge is 1.00 e. The van der Waals surface area contributed by atoms with Crippen LogP contribution in [0.5, 0.6) is 0 Å². The Kier molecular flexibility index (Phi) is 7.02. The summed E-state index contributed by atoms with van der Waals surface area (Å²) in [5.41, 5.74) is 0. The zero-order valence-corrected chi connectivity index (χ0v) is 15.3. The second-order valence-corrected chi connectivity index (χ2v) is 3.08. The summed E-state index contributed by atoms with van der Waals surface area (Å²) >= 11 is 0. The Morgan fingerprint density at radius 2 is 0.950 bits per heavy atom. The van der Waals surface area contributed by atoms with Gasteiger partial charge in [-0.05, 0) is 0 Å². The Labute approximate surface area is 161 Å². The summed E-state index contributed by atoms with van der Waals surface area (Å²) in [6.45, 7) is 0. The maximum Gasteiger partial charge on any atom is 1.00 e. The third-order valence-electron chi connectivity index (χ3n) is 1.80. The third-order valence-corrected chi connectivity index (χ3v) is 1.80. The van der Waals surface area contributed by atoms with Crippen LogP contribution in [0.1, 0.15) is 0 Å². The molecule has 0 fully saturated rings. The molecule has 0 aliphatic carbocycles. The molecule has 0 aromatic rings. The predicted octanol–water partition coefficient (Wildman–Crippen LogP) is -1.16. The molecule has 0 aromatic carbocycles. The molecule has 0 atom stereocenters. The molecule has 0 saturated heterocycles. The van der Waals surface area contributed by atoms with Crippen LogP contribution >= 0.6 is 0 Å². The molecule has 0 radical (unpaired) electrons. The van der Waals surface area contributed by atoms with Crippen LogP contribution in [0.25, 0.3) is 0 Å². The van der Waals surface area contributed by atoms with E-state index in [1.165, 1.54) is 0 Å². The van der Waals surface area contributed by atoms with E-state index in [-0.39, 0.29) is 68.9 Å². The third kappa shape index (κ3) is 3.23. The van der Waals surface area contributed by atoms with Gasteiger partial charge in [-0.15, -0.1) is 0 Å². The molecule has 114 valence electrons. The Morgan fingerprint density at radius 3 is 1.15 bits per heavy atom. The number of aliphatic carboxylic acids is 1. The van der Waals surface area contributed by atoms with E-state index in [1.54, 1.807) is 0 Å². The van der Waals surface area contributed by atoms with Crippen molar-refractivity contribution in [3.63, 3.8) is 0 Å². The van der Waals surface area contributed by atoms with Crippen molar-refractivity contribution in [1.29, 1.82) is 0 Å². The van der Waals surface area contributed by atoms with Crippen LogP contribution in [-0.4, -0.2) is 35.8 Å². The topological polar surface area (TPSA) is 40.1 Å². The summed E-state index contributed by atoms with van der Waals surface area (Å²) in [5.74, 6) is -34.1. The van der Waals surface area contributed by atoms with Crippen LogP contribution in [0.15, 0.2) is 0 Å². The molecule has 0 spiro atoms. The van der Waals surface area contributed by atoms with Gasteiger partial charge >= 0.3 is 98.8 Å². The average Bonchev–Trinajstić information content (AvgIpc) is 2.14. The molecule has 0 aromatic heterocycles. The Morgan fingerprint density at radius 1 is 0.650 bits per heavy atom. The number of alkyl halides is 11. The average molecular weight is 446 g/mol. The number of carboxylic acids is 1. The molecule has 0 N–H and O–H groups in total. The number of hydrogen-bond donors (Lipinski definition) is 0. The van der Waals surface area contributed by atoms with Gasteiger partial charge in [0.05, 0.1) is 0 Å². The van der Waals surface area contributed by atoms with Crippen molar-refractivity contribution in [2.75, 3.05) is 0 Å². The Balaban J connectivity index is 0. The van der Waals surface area contributed by atoms with Gasteiger partial charge in [0, 0.05) is 0 Å². The number of carbonyl (C=O) groups excluding carboxylic acids is 1. The van der Waals surface area contributed by atoms with Crippen molar-refractivity contribution in [3.05, 3.63) is 0 Å². The van der Waals surface area contributed by atoms with Gasteiger partial charge in [0.2, 0.25) is 0 Å². The molecular weight excluding hydrogens is 446 g/mol. The van der Waals surface area contributed by atoms with E-state index in [0.29, 0.717) is 0 Å². The van der Waals surface area contributed by atoms with Gasteiger partial charge in [0.15, 0.2) is 0 Å². The van der Waals surface area contributed by atoms with Crippen molar-refractivity contribution >= 4 is 5.97 Å². The first kappa shape index (κ1) is 23.0. The van der Waals surface area contributed by atoms with Crippen LogP contribution in [0.2, 0.25) is 0 Å². The van der Waals surface area contributed by atoms with E-state index < -0.39 is 35.8 Å². The van der Waals surface area contributed by atoms with Crippen molar-refractivity contribution in [2.45, 2.75) is 29.9 Å². The van der Waals surface area contributed by atoms with Gasteiger partial charge in [0.25, 0.3) is 0 Å². The standard InChI is InChI=1S/C6HF11O2.Cs/c7-2(8,1(18)19)3(9,10)4(11,12)5(13,14)6(15,16)17;/h(H,18,19);/q;+1/p-1. The Hall–Kier alpha value is 0.752. The fourth-order valence-electron chi connectivity index (χ4n) is 0.701. The van der Waals surface area contributed by atoms with E-state index in [0.717, 1.165) is 0 Å². The van der Waals surface area contributed by atoms with Gasteiger partial charge in [-0.2, -0.15) is 48.3 Å². The second-order valence-electron chi connectivity index (χ2n) is 3.08. The van der Waals surface area contributed by atoms with Gasteiger partial charge in [-0.3, -0.25) is 0 Å². The van der Waals surface area contributed by atoms with Crippen LogP contribution in [0.4, 0.5) is 48.3 Å². The molecule has 2 nitrogen and oxygen atoms in total. The number of halogens is 11. The molecular formula is C6CsF11O2. The summed E-state index contributed by atoms with van der Waals surface area (Å²) in [4.78, 5) is 9.49. The van der Waals surface area contributed by atoms with E-state index in [4.69, 9.17) is 0 Å². The van der Waals surface area contributed by atoms with Crippen molar-refractivity contribution in [3.8, 4) is 0 Å². The van der Waals surface area contributed by atoms with Crippen molar-refractivity contribution < 1.29 is 127 Å². The normalized spacial score (nSPS) is 14.8. The van der Waals surface area contributed by atoms with Gasteiger partial charge < -0.3 is 9.90 Å². The van der Waals surface area contributed by atoms with Crippen LogP contribution in [0.3, 0.4) is 0 Å². The first-order valence-corrected chi connectivity index (χ1v) is 3.74. The zero-order valence-electron chi connectivity index (χ0n) is 8.97. The maximum atomic E-state index is 12.4. The summed E-state index contributed by atoms with van der Waals surface area (Å²) < 4.78 is 132. The minimum absolute atomic E-state index is 0. The number of hydrogen-bond acceptors (Lipinski definition) is 2. The first-order valence-electron chi connectivity index (χ1n) is 3.74. The van der Waals surface area contributed by atoms with Crippen molar-refractivity contribution in [1.82, 2.24) is 0 Å². The van der Waals surface area contributed by atoms with Crippen LogP contribution < -0.4 is 74.0 Å². The summed E-state index contributed by atoms with van der Waals surface area (Å²) in [6, 6.07) is 0. The molecule has 14 heteroatoms. The van der Waals surface area contributed by atoms with E-state index in [1.807, 2.05) is 0 Å². The summed E-state index contributed by atoms with van der Waals surface area (Å²) in [6.07, 6.45) is -7.32. The Bertz CT molecular complexity index is 374. The monoisotopic (exact) mass is 446 g/mol. The maximum absolute atomic E-state index is 12.4. The molecule has 0 aliphatic rings. The summed E-state index contributed by atoms with van der Waals surface area (Å²) in [7, 11) is 0. The SMILES string of the molecule is O=C([O-])C(F)(F)C(F)(F)C(F)(F)C(F)(F)C(F)(F)F.[Cs+]. The molecule has 0 bridgehead atoms. The second kappa shape index (κ2) is 6.10. The number of carboxylic acid groups (broad SMARTS) is 1. The van der Waals surface area contributed by atoms with E-state index in [9.17, 15) is 58.2 Å². The van der Waals surface area contributed by atoms with Crippen LogP contribution in [0, 0.1) is 0 Å². The summed E-state index contributed by atoms with van der Waals surface area (Å²) in [5, 5.41) is 9.49. The zero-order chi connectivity index (χ0) is 16.1. The molecule has 0 heterocycles. The fraction of sp³-hybridized carbons (Fsp3) is 0.833. The predicted molar refractivity (Wildman–Crippen MR) is 30.9 cm³/mol. The molecule has 0 saturated carbocycles. The van der Waals surface area contributed by atoms with E-state index >= 15 is 0 Å². The first-order chi connectivity index (χ1) is 7.94. The minimum Gasteiger partial charge on any atom is -0.544 e. The fourth-order valence-corrected chi connectivity index (χ4v) is 0.701. The van der Waals surface area contributed by atoms with E-state index in [2.05, 4.69) is 0 Å². The molecule has 0 amide bonds. The smallest absolute Gasteiger partial charge is 0.544 e. The number of rotatable bonds is 4. The molecule has 0 unspecified atom stereocenters. The number of carbonyl (C=O) groups is 1. The molecule has 0 rings (SSSR count). The van der Waals surface area contributed by atoms with Gasteiger partial charge in [-0.1, -0.05) is 0 Å². The van der Waals surface area contributed by atoms with Gasteiger partial charge in [0.1, 0.15) is 5.97 Å². The van der Waals surface area contributed by atoms with Crippen molar-refractivity contribution in [2.24, 2.45) is 0 Å². The molecule has 0 aliphatic heterocycles.